The van der Waals surface area contributed by atoms with Gasteiger partial charge in [-0.05, 0) is 29.1 Å². The van der Waals surface area contributed by atoms with E-state index >= 15 is 0 Å². The summed E-state index contributed by atoms with van der Waals surface area (Å²) in [6.07, 6.45) is 0. The number of esters is 1. The molecule has 2 amide bonds. The van der Waals surface area contributed by atoms with Crippen LogP contribution in [0, 0.1) is 0 Å². The second-order valence-electron chi connectivity index (χ2n) is 7.80. The molecule has 4 aromatic rings. The number of nitrogen functional groups attached to an aromatic ring is 1. The number of nitrogens with zero attached hydrogens (tertiary/aromatic N) is 1. The molecule has 1 aliphatic heterocycles. The first kappa shape index (κ1) is 21.2. The minimum Gasteiger partial charge on any atom is -0.494 e. The van der Waals surface area contributed by atoms with Gasteiger partial charge in [-0.25, -0.2) is 9.69 Å². The molecule has 0 fully saturated rings. The van der Waals surface area contributed by atoms with Crippen molar-refractivity contribution in [2.75, 3.05) is 17.7 Å². The number of amides is 2. The van der Waals surface area contributed by atoms with Crippen LogP contribution in [0.1, 0.15) is 36.6 Å². The minimum atomic E-state index is -0.635. The zero-order chi connectivity index (χ0) is 23.8. The monoisotopic (exact) mass is 452 g/mol. The molecule has 0 unspecified atom stereocenters. The highest BCUT2D eigenvalue weighted by Crippen LogP contribution is 2.44. The number of fused-ring (bicyclic) bond motifs is 2. The maximum absolute atomic E-state index is 13.4. The number of hydrogen-bond donors (Lipinski definition) is 1. The second-order valence-corrected chi connectivity index (χ2v) is 7.80. The molecule has 0 bridgehead atoms. The summed E-state index contributed by atoms with van der Waals surface area (Å²) in [6, 6.07) is 22.8. The lowest BCUT2D eigenvalue weighted by atomic mass is 10.0. The van der Waals surface area contributed by atoms with Gasteiger partial charge < -0.3 is 15.2 Å². The van der Waals surface area contributed by atoms with Gasteiger partial charge in [0.05, 0.1) is 18.2 Å². The third-order valence-corrected chi connectivity index (χ3v) is 5.78. The Kier molecular flexibility index (Phi) is 5.22. The van der Waals surface area contributed by atoms with E-state index in [1.54, 1.807) is 48.5 Å². The van der Waals surface area contributed by atoms with Gasteiger partial charge in [0.1, 0.15) is 17.9 Å². The Morgan fingerprint density at radius 2 is 1.65 bits per heavy atom. The smallest absolute Gasteiger partial charge is 0.342 e. The lowest BCUT2D eigenvalue weighted by Crippen LogP contribution is -2.30. The average molecular weight is 452 g/mol. The number of carbonyl (C=O) groups is 3. The van der Waals surface area contributed by atoms with Crippen LogP contribution in [-0.4, -0.2) is 24.9 Å². The van der Waals surface area contributed by atoms with Crippen LogP contribution in [-0.2, 0) is 11.3 Å². The Labute approximate surface area is 195 Å². The molecule has 0 radical (unpaired) electrons. The molecular weight excluding hydrogens is 432 g/mol. The van der Waals surface area contributed by atoms with Gasteiger partial charge in [-0.3, -0.25) is 9.59 Å². The molecule has 0 saturated heterocycles. The van der Waals surface area contributed by atoms with Crippen molar-refractivity contribution in [3.63, 3.8) is 0 Å². The molecule has 0 saturated carbocycles. The Balaban J connectivity index is 1.65. The zero-order valence-corrected chi connectivity index (χ0v) is 18.3. The third-order valence-electron chi connectivity index (χ3n) is 5.78. The molecule has 2 N–H and O–H groups in total. The van der Waals surface area contributed by atoms with E-state index in [4.69, 9.17) is 15.2 Å². The van der Waals surface area contributed by atoms with Gasteiger partial charge in [0.25, 0.3) is 11.8 Å². The number of anilines is 2. The number of carbonyl (C=O) groups excluding carboxylic acids is 3. The summed E-state index contributed by atoms with van der Waals surface area (Å²) in [5.41, 5.74) is 7.67. The molecule has 4 aromatic carbocycles. The highest BCUT2D eigenvalue weighted by Gasteiger charge is 2.41. The normalized spacial score (nSPS) is 12.7. The fourth-order valence-electron chi connectivity index (χ4n) is 4.21. The van der Waals surface area contributed by atoms with Crippen LogP contribution >= 0.6 is 0 Å². The van der Waals surface area contributed by atoms with E-state index in [1.807, 2.05) is 30.3 Å². The van der Waals surface area contributed by atoms with Crippen molar-refractivity contribution >= 4 is 39.9 Å². The van der Waals surface area contributed by atoms with Crippen molar-refractivity contribution in [1.82, 2.24) is 0 Å². The molecule has 0 aromatic heterocycles. The van der Waals surface area contributed by atoms with Crippen molar-refractivity contribution < 1.29 is 23.9 Å². The topological polar surface area (TPSA) is 98.9 Å². The number of hydrogen-bond acceptors (Lipinski definition) is 6. The SMILES string of the molecule is COc1c(C(=O)OCc2ccccc2)cc2ccccc2c1N1C(=O)c2cccc(N)c2C1=O. The molecule has 1 aliphatic rings. The van der Waals surface area contributed by atoms with Crippen molar-refractivity contribution in [2.45, 2.75) is 6.61 Å². The quantitative estimate of drug-likeness (QED) is 0.270. The van der Waals surface area contributed by atoms with E-state index in [-0.39, 0.29) is 40.4 Å². The van der Waals surface area contributed by atoms with Crippen molar-refractivity contribution in [1.29, 1.82) is 0 Å². The summed E-state index contributed by atoms with van der Waals surface area (Å²) < 4.78 is 11.1. The molecular formula is C27H20N2O5. The molecule has 168 valence electrons. The first-order chi connectivity index (χ1) is 16.5. The van der Waals surface area contributed by atoms with Crippen LogP contribution in [0.15, 0.2) is 78.9 Å². The predicted octanol–water partition coefficient (Wildman–Crippen LogP) is 4.59. The summed E-state index contributed by atoms with van der Waals surface area (Å²) in [5.74, 6) is -1.67. The lowest BCUT2D eigenvalue weighted by Gasteiger charge is -2.22. The van der Waals surface area contributed by atoms with Gasteiger partial charge in [-0.15, -0.1) is 0 Å². The van der Waals surface area contributed by atoms with Crippen molar-refractivity contribution in [3.05, 3.63) is 101 Å². The first-order valence-electron chi connectivity index (χ1n) is 10.6. The molecule has 7 heteroatoms. The van der Waals surface area contributed by atoms with Gasteiger partial charge in [0.15, 0.2) is 5.75 Å². The number of rotatable bonds is 5. The van der Waals surface area contributed by atoms with Crippen LogP contribution in [0.2, 0.25) is 0 Å². The highest BCUT2D eigenvalue weighted by atomic mass is 16.5. The minimum absolute atomic E-state index is 0.0640. The van der Waals surface area contributed by atoms with Gasteiger partial charge >= 0.3 is 5.97 Å². The van der Waals surface area contributed by atoms with Gasteiger partial charge in [-0.2, -0.15) is 0 Å². The van der Waals surface area contributed by atoms with Gasteiger partial charge in [-0.1, -0.05) is 60.7 Å². The molecule has 0 atom stereocenters. The number of methoxy groups -OCH3 is 1. The van der Waals surface area contributed by atoms with E-state index < -0.39 is 17.8 Å². The molecule has 34 heavy (non-hydrogen) atoms. The van der Waals surface area contributed by atoms with Crippen molar-refractivity contribution in [2.24, 2.45) is 0 Å². The van der Waals surface area contributed by atoms with Crippen LogP contribution in [0.3, 0.4) is 0 Å². The van der Waals surface area contributed by atoms with Crippen molar-refractivity contribution in [3.8, 4) is 5.75 Å². The van der Waals surface area contributed by atoms with E-state index in [1.165, 1.54) is 7.11 Å². The molecule has 7 nitrogen and oxygen atoms in total. The summed E-state index contributed by atoms with van der Waals surface area (Å²) in [4.78, 5) is 40.9. The second kappa shape index (κ2) is 8.37. The summed E-state index contributed by atoms with van der Waals surface area (Å²) in [6.45, 7) is 0.0640. The Morgan fingerprint density at radius 3 is 2.38 bits per heavy atom. The molecule has 5 rings (SSSR count). The standard InChI is InChI=1S/C27H20N2O5/c1-33-24-20(27(32)34-15-16-8-3-2-4-9-16)14-17-10-5-6-11-18(17)23(24)29-25(30)19-12-7-13-21(28)22(19)26(29)31/h2-14H,15,28H2,1H3. The van der Waals surface area contributed by atoms with Crippen LogP contribution in [0.25, 0.3) is 10.8 Å². The van der Waals surface area contributed by atoms with Gasteiger partial charge in [0.2, 0.25) is 0 Å². The fraction of sp³-hybridized carbons (Fsp3) is 0.0741. The number of imide groups is 1. The van der Waals surface area contributed by atoms with Crippen LogP contribution < -0.4 is 15.4 Å². The van der Waals surface area contributed by atoms with Gasteiger partial charge in [0, 0.05) is 11.1 Å². The lowest BCUT2D eigenvalue weighted by molar-refractivity contribution is 0.0468. The summed E-state index contributed by atoms with van der Waals surface area (Å²) in [7, 11) is 1.38. The number of nitrogens with two attached hydrogens (primary N) is 1. The maximum Gasteiger partial charge on any atom is 0.342 e. The van der Waals surface area contributed by atoms with E-state index in [2.05, 4.69) is 0 Å². The maximum atomic E-state index is 13.4. The molecule has 0 aliphatic carbocycles. The van der Waals surface area contributed by atoms with E-state index in [0.717, 1.165) is 10.5 Å². The molecule has 0 spiro atoms. The largest absolute Gasteiger partial charge is 0.494 e. The first-order valence-corrected chi connectivity index (χ1v) is 10.6. The zero-order valence-electron chi connectivity index (χ0n) is 18.3. The highest BCUT2D eigenvalue weighted by molar-refractivity contribution is 6.38. The fourth-order valence-corrected chi connectivity index (χ4v) is 4.21. The summed E-state index contributed by atoms with van der Waals surface area (Å²) >= 11 is 0. The van der Waals surface area contributed by atoms with E-state index in [9.17, 15) is 14.4 Å². The Morgan fingerprint density at radius 1 is 0.912 bits per heavy atom. The van der Waals surface area contributed by atoms with E-state index in [0.29, 0.717) is 10.8 Å². The summed E-state index contributed by atoms with van der Waals surface area (Å²) in [5, 5.41) is 1.22. The number of ether oxygens (including phenoxy) is 2. The third kappa shape index (κ3) is 3.34. The van der Waals surface area contributed by atoms with Crippen LogP contribution in [0.5, 0.6) is 5.75 Å². The Bertz CT molecular complexity index is 1460. The molecule has 1 heterocycles. The average Bonchev–Trinajstić information content (AvgIpc) is 3.12. The number of benzene rings is 4. The predicted molar refractivity (Wildman–Crippen MR) is 128 cm³/mol. The van der Waals surface area contributed by atoms with Crippen LogP contribution in [0.4, 0.5) is 11.4 Å². The Hall–Kier alpha value is -4.65.